The summed E-state index contributed by atoms with van der Waals surface area (Å²) in [5, 5.41) is 57.3. The van der Waals surface area contributed by atoms with E-state index < -0.39 is 67.4 Å². The quantitative estimate of drug-likeness (QED) is 0.0195. The predicted molar refractivity (Wildman–Crippen MR) is 370 cm³/mol. The Morgan fingerprint density at radius 2 is 0.818 bits per heavy atom. The molecular formula is C77H133NO10. The molecule has 1 aliphatic heterocycles. The molecule has 0 radical (unpaired) electrons. The van der Waals surface area contributed by atoms with Crippen LogP contribution in [0.2, 0.25) is 0 Å². The number of esters is 1. The van der Waals surface area contributed by atoms with Crippen LogP contribution in [0.25, 0.3) is 0 Å². The van der Waals surface area contributed by atoms with Gasteiger partial charge in [0.15, 0.2) is 12.4 Å². The van der Waals surface area contributed by atoms with Gasteiger partial charge in [0.25, 0.3) is 0 Å². The Kier molecular flexibility index (Phi) is 59.4. The molecule has 11 heteroatoms. The molecule has 0 aliphatic carbocycles. The molecule has 8 unspecified atom stereocenters. The molecule has 0 aromatic rings. The minimum Gasteiger partial charge on any atom is -0.454 e. The smallest absolute Gasteiger partial charge is 0.306 e. The zero-order chi connectivity index (χ0) is 63.9. The zero-order valence-electron chi connectivity index (χ0n) is 56.3. The summed E-state index contributed by atoms with van der Waals surface area (Å²) in [5.74, 6) is -1.20. The van der Waals surface area contributed by atoms with Crippen molar-refractivity contribution in [3.8, 4) is 0 Å². The van der Waals surface area contributed by atoms with E-state index in [1.807, 2.05) is 6.08 Å². The van der Waals surface area contributed by atoms with Gasteiger partial charge in [-0.3, -0.25) is 9.59 Å². The molecule has 1 amide bonds. The summed E-state index contributed by atoms with van der Waals surface area (Å²) in [6.07, 6.45) is 76.9. The Morgan fingerprint density at radius 3 is 1.25 bits per heavy atom. The van der Waals surface area contributed by atoms with Crippen LogP contribution < -0.4 is 5.32 Å². The van der Waals surface area contributed by atoms with Crippen LogP contribution >= 0.6 is 0 Å². The number of nitrogens with one attached hydrogen (secondary N) is 1. The highest BCUT2D eigenvalue weighted by molar-refractivity contribution is 5.80. The van der Waals surface area contributed by atoms with Gasteiger partial charge in [-0.25, -0.2) is 0 Å². The predicted octanol–water partition coefficient (Wildman–Crippen LogP) is 18.8. The van der Waals surface area contributed by atoms with Crippen LogP contribution in [-0.4, -0.2) is 99.6 Å². The molecule has 88 heavy (non-hydrogen) atoms. The number of allylic oxidation sites excluding steroid dienone is 17. The second kappa shape index (κ2) is 63.5. The van der Waals surface area contributed by atoms with Gasteiger partial charge in [-0.1, -0.05) is 297 Å². The second-order valence-electron chi connectivity index (χ2n) is 24.6. The molecule has 11 nitrogen and oxygen atoms in total. The summed E-state index contributed by atoms with van der Waals surface area (Å²) in [6.45, 7) is 5.67. The minimum absolute atomic E-state index is 0.111. The Hall–Kier alpha value is -3.68. The molecule has 1 saturated heterocycles. The van der Waals surface area contributed by atoms with Crippen LogP contribution in [0.3, 0.4) is 0 Å². The van der Waals surface area contributed by atoms with E-state index in [1.54, 1.807) is 6.08 Å². The van der Waals surface area contributed by atoms with E-state index >= 15 is 0 Å². The van der Waals surface area contributed by atoms with Crippen LogP contribution in [0.4, 0.5) is 0 Å². The Labute approximate surface area is 538 Å². The molecule has 1 rings (SSSR count). The van der Waals surface area contributed by atoms with Crippen LogP contribution in [0.15, 0.2) is 109 Å². The van der Waals surface area contributed by atoms with E-state index in [2.05, 4.69) is 123 Å². The maximum Gasteiger partial charge on any atom is 0.306 e. The standard InChI is InChI=1S/C77H133NO10/c1-4-7-10-13-16-19-22-25-27-29-31-33-35-36-37-39-41-43-45-47-50-53-56-59-62-65-72(82)88-75-74(84)73(83)71(66-79)87-77(75)86-67-68(69(80)63-60-57-54-51-48-24-21-18-15-12-9-6-3)78-76(85)70(81)64-61-58-55-52-49-46-44-42-40-38-34-32-30-28-26-23-20-17-14-11-8-5-2/h7,10,16-17,19-20,25-28,31-34,36-37,60,63,68-71,73-75,77,79-81,83-84H,4-6,8-9,11-15,18,21-24,29-30,35,38-59,61-62,64-67H2,1-3H3,(H,78,85)/b10-7-,19-16-,20-17-,27-25-,28-26-,33-31-,34-32-,37-36-,63-60+. The molecule has 1 aliphatic rings. The van der Waals surface area contributed by atoms with Crippen LogP contribution in [0, 0.1) is 0 Å². The van der Waals surface area contributed by atoms with E-state index in [-0.39, 0.29) is 19.4 Å². The third-order valence-electron chi connectivity index (χ3n) is 16.4. The summed E-state index contributed by atoms with van der Waals surface area (Å²) in [6, 6.07) is -1.03. The molecule has 6 N–H and O–H groups in total. The highest BCUT2D eigenvalue weighted by atomic mass is 16.7. The zero-order valence-corrected chi connectivity index (χ0v) is 56.3. The van der Waals surface area contributed by atoms with Gasteiger partial charge in [0.1, 0.15) is 24.4 Å². The molecule has 506 valence electrons. The average molecular weight is 1230 g/mol. The maximum absolute atomic E-state index is 13.5. The number of unbranched alkanes of at least 4 members (excludes halogenated alkanes) is 31. The van der Waals surface area contributed by atoms with Gasteiger partial charge >= 0.3 is 5.97 Å². The number of carbonyl (C=O) groups is 2. The second-order valence-corrected chi connectivity index (χ2v) is 24.6. The highest BCUT2D eigenvalue weighted by Crippen LogP contribution is 2.26. The number of hydrogen-bond acceptors (Lipinski definition) is 10. The summed E-state index contributed by atoms with van der Waals surface area (Å²) in [7, 11) is 0. The molecule has 0 aromatic carbocycles. The monoisotopic (exact) mass is 1230 g/mol. The van der Waals surface area contributed by atoms with Crippen molar-refractivity contribution in [2.75, 3.05) is 13.2 Å². The summed E-state index contributed by atoms with van der Waals surface area (Å²) in [4.78, 5) is 26.7. The molecule has 0 bridgehead atoms. The van der Waals surface area contributed by atoms with Gasteiger partial charge in [-0.15, -0.1) is 0 Å². The number of aliphatic hydroxyl groups excluding tert-OH is 5. The number of aliphatic hydroxyl groups is 5. The summed E-state index contributed by atoms with van der Waals surface area (Å²) >= 11 is 0. The van der Waals surface area contributed by atoms with Crippen LogP contribution in [-0.2, 0) is 23.8 Å². The van der Waals surface area contributed by atoms with Crippen molar-refractivity contribution in [2.24, 2.45) is 0 Å². The molecular weight excluding hydrogens is 1100 g/mol. The molecule has 1 fully saturated rings. The van der Waals surface area contributed by atoms with Crippen LogP contribution in [0.1, 0.15) is 303 Å². The normalized spacial score (nSPS) is 18.8. The number of hydrogen-bond donors (Lipinski definition) is 6. The fraction of sp³-hybridized carbons (Fsp3) is 0.740. The SMILES string of the molecule is CC/C=C\C/C=C\C/C=C\C/C=C\C/C=C\CCCCCCCCCCCC(=O)OC1C(OCC(NC(=O)C(O)CCCCCCCCCCC/C=C\C/C=C\C/C=C\CCCCC)C(O)/C=C/CCCCCCCCCCCC)OC(CO)C(O)C1O. The van der Waals surface area contributed by atoms with Gasteiger partial charge in [-0.2, -0.15) is 0 Å². The van der Waals surface area contributed by atoms with Crippen molar-refractivity contribution in [3.63, 3.8) is 0 Å². The van der Waals surface area contributed by atoms with Crippen molar-refractivity contribution in [1.82, 2.24) is 5.32 Å². The maximum atomic E-state index is 13.5. The van der Waals surface area contributed by atoms with E-state index in [4.69, 9.17) is 14.2 Å². The third kappa shape index (κ3) is 50.0. The molecule has 0 spiro atoms. The average Bonchev–Trinajstić information content (AvgIpc) is 2.54. The lowest BCUT2D eigenvalue weighted by Crippen LogP contribution is -2.61. The topological polar surface area (TPSA) is 175 Å². The van der Waals surface area contributed by atoms with Gasteiger partial charge < -0.3 is 45.1 Å². The number of ether oxygens (including phenoxy) is 3. The van der Waals surface area contributed by atoms with Crippen molar-refractivity contribution in [2.45, 2.75) is 352 Å². The first kappa shape index (κ1) is 82.3. The molecule has 0 aromatic heterocycles. The first-order valence-electron chi connectivity index (χ1n) is 36.2. The molecule has 1 heterocycles. The third-order valence-corrected chi connectivity index (χ3v) is 16.4. The lowest BCUT2D eigenvalue weighted by atomic mass is 9.99. The lowest BCUT2D eigenvalue weighted by Gasteiger charge is -2.41. The van der Waals surface area contributed by atoms with E-state index in [0.717, 1.165) is 122 Å². The Balaban J connectivity index is 2.58. The Morgan fingerprint density at radius 1 is 0.455 bits per heavy atom. The lowest BCUT2D eigenvalue weighted by molar-refractivity contribution is -0.305. The van der Waals surface area contributed by atoms with Crippen molar-refractivity contribution >= 4 is 11.9 Å². The van der Waals surface area contributed by atoms with Crippen molar-refractivity contribution in [3.05, 3.63) is 109 Å². The fourth-order valence-electron chi connectivity index (χ4n) is 10.7. The molecule has 8 atom stereocenters. The first-order chi connectivity index (χ1) is 43.2. The first-order valence-corrected chi connectivity index (χ1v) is 36.2. The van der Waals surface area contributed by atoms with Crippen molar-refractivity contribution in [1.29, 1.82) is 0 Å². The van der Waals surface area contributed by atoms with E-state index in [1.165, 1.54) is 135 Å². The fourth-order valence-corrected chi connectivity index (χ4v) is 10.7. The summed E-state index contributed by atoms with van der Waals surface area (Å²) < 4.78 is 17.7. The largest absolute Gasteiger partial charge is 0.454 e. The highest BCUT2D eigenvalue weighted by Gasteiger charge is 2.47. The van der Waals surface area contributed by atoms with E-state index in [9.17, 15) is 35.1 Å². The number of rotatable bonds is 61. The van der Waals surface area contributed by atoms with Gasteiger partial charge in [0, 0.05) is 6.42 Å². The van der Waals surface area contributed by atoms with Crippen molar-refractivity contribution < 1.29 is 49.3 Å². The number of amides is 1. The van der Waals surface area contributed by atoms with Gasteiger partial charge in [-0.05, 0) is 109 Å². The van der Waals surface area contributed by atoms with Crippen LogP contribution in [0.5, 0.6) is 0 Å². The van der Waals surface area contributed by atoms with Gasteiger partial charge in [0.05, 0.1) is 25.4 Å². The number of carbonyl (C=O) groups excluding carboxylic acids is 2. The minimum atomic E-state index is -1.62. The van der Waals surface area contributed by atoms with E-state index in [0.29, 0.717) is 12.8 Å². The summed E-state index contributed by atoms with van der Waals surface area (Å²) in [5.41, 5.74) is 0. The van der Waals surface area contributed by atoms with Gasteiger partial charge in [0.2, 0.25) is 5.91 Å². The Bertz CT molecular complexity index is 1850. The molecule has 0 saturated carbocycles.